The fourth-order valence-electron chi connectivity index (χ4n) is 4.18. The number of allylic oxidation sites excluding steroid dienone is 1. The molecule has 2 aliphatic heterocycles. The minimum atomic E-state index is -0.370. The van der Waals surface area contributed by atoms with Crippen molar-refractivity contribution in [3.05, 3.63) is 70.9 Å². The van der Waals surface area contributed by atoms with E-state index in [1.54, 1.807) is 11.8 Å². The second-order valence-corrected chi connectivity index (χ2v) is 9.72. The van der Waals surface area contributed by atoms with Crippen LogP contribution in [0.5, 0.6) is 0 Å². The molecule has 1 unspecified atom stereocenters. The number of hydrogen-bond acceptors (Lipinski definition) is 6. The van der Waals surface area contributed by atoms with Gasteiger partial charge in [-0.2, -0.15) is 0 Å². The molecular weight excluding hydrogens is 448 g/mol. The van der Waals surface area contributed by atoms with E-state index in [9.17, 15) is 9.59 Å². The summed E-state index contributed by atoms with van der Waals surface area (Å²) in [6.45, 7) is 6.94. The summed E-state index contributed by atoms with van der Waals surface area (Å²) in [6, 6.07) is 14.8. The van der Waals surface area contributed by atoms with Gasteiger partial charge in [0.15, 0.2) is 5.17 Å². The van der Waals surface area contributed by atoms with E-state index in [2.05, 4.69) is 34.4 Å². The third-order valence-electron chi connectivity index (χ3n) is 5.98. The number of ether oxygens (including phenoxy) is 1. The second-order valence-electron chi connectivity index (χ2n) is 8.66. The van der Waals surface area contributed by atoms with Gasteiger partial charge in [-0.3, -0.25) is 0 Å². The Hall–Kier alpha value is -3.26. The molecule has 7 nitrogen and oxygen atoms in total. The summed E-state index contributed by atoms with van der Waals surface area (Å²) in [4.78, 5) is 31.9. The Morgan fingerprint density at radius 3 is 2.26 bits per heavy atom. The Bertz CT molecular complexity index is 1120. The maximum Gasteiger partial charge on any atom is 0.338 e. The van der Waals surface area contributed by atoms with E-state index in [0.717, 1.165) is 35.1 Å². The van der Waals surface area contributed by atoms with E-state index in [1.807, 2.05) is 55.5 Å². The van der Waals surface area contributed by atoms with Crippen LogP contribution in [0.3, 0.4) is 0 Å². The number of aliphatic imine (C=N–C) groups is 1. The number of thioether (sulfide) groups is 1. The quantitative estimate of drug-likeness (QED) is 0.535. The van der Waals surface area contributed by atoms with Gasteiger partial charge in [0, 0.05) is 23.7 Å². The first-order valence-corrected chi connectivity index (χ1v) is 12.4. The summed E-state index contributed by atoms with van der Waals surface area (Å²) >= 11 is 1.71. The highest BCUT2D eigenvalue weighted by Gasteiger charge is 2.37. The minimum absolute atomic E-state index is 0.268. The molecular formula is C26H30N4O3S. The van der Waals surface area contributed by atoms with Crippen LogP contribution < -0.4 is 10.6 Å². The van der Waals surface area contributed by atoms with E-state index in [1.165, 1.54) is 12.7 Å². The average molecular weight is 479 g/mol. The maximum absolute atomic E-state index is 12.6. The van der Waals surface area contributed by atoms with E-state index < -0.39 is 0 Å². The van der Waals surface area contributed by atoms with E-state index in [-0.39, 0.29) is 18.0 Å². The Morgan fingerprint density at radius 1 is 1.06 bits per heavy atom. The lowest BCUT2D eigenvalue weighted by Gasteiger charge is -2.40. The molecule has 1 fully saturated rings. The van der Waals surface area contributed by atoms with Gasteiger partial charge in [0.1, 0.15) is 0 Å². The van der Waals surface area contributed by atoms with Crippen LogP contribution in [0.25, 0.3) is 0 Å². The molecule has 2 aliphatic rings. The van der Waals surface area contributed by atoms with Crippen molar-refractivity contribution in [3.63, 3.8) is 0 Å². The van der Waals surface area contributed by atoms with Gasteiger partial charge in [-0.15, -0.1) is 0 Å². The Morgan fingerprint density at radius 2 is 1.68 bits per heavy atom. The third-order valence-corrected chi connectivity index (χ3v) is 7.06. The summed E-state index contributed by atoms with van der Waals surface area (Å²) in [5, 5.41) is 6.67. The van der Waals surface area contributed by atoms with Crippen LogP contribution in [0.4, 0.5) is 16.2 Å². The van der Waals surface area contributed by atoms with Crippen molar-refractivity contribution in [3.8, 4) is 0 Å². The zero-order valence-corrected chi connectivity index (χ0v) is 20.7. The number of carbonyl (C=O) groups excluding carboxylic acids is 2. The summed E-state index contributed by atoms with van der Waals surface area (Å²) in [7, 11) is 1.39. The molecule has 0 spiro atoms. The van der Waals surface area contributed by atoms with Crippen LogP contribution in [0, 0.1) is 0 Å². The van der Waals surface area contributed by atoms with Crippen molar-refractivity contribution in [1.29, 1.82) is 0 Å². The van der Waals surface area contributed by atoms with Crippen molar-refractivity contribution in [2.75, 3.05) is 30.0 Å². The first-order valence-electron chi connectivity index (χ1n) is 11.4. The number of esters is 1. The molecule has 2 amide bonds. The Balaban J connectivity index is 1.50. The molecule has 0 saturated carbocycles. The number of nitrogens with one attached hydrogen (secondary N) is 2. The number of amidine groups is 1. The molecule has 1 saturated heterocycles. The smallest absolute Gasteiger partial charge is 0.338 e. The summed E-state index contributed by atoms with van der Waals surface area (Å²) in [6.07, 6.45) is 1.02. The van der Waals surface area contributed by atoms with Gasteiger partial charge >= 0.3 is 12.0 Å². The van der Waals surface area contributed by atoms with E-state index >= 15 is 0 Å². The lowest BCUT2D eigenvalue weighted by Crippen LogP contribution is -2.42. The van der Waals surface area contributed by atoms with Crippen LogP contribution in [0.15, 0.2) is 64.8 Å². The molecule has 178 valence electrons. The number of methoxy groups -OCH3 is 1. The van der Waals surface area contributed by atoms with Crippen molar-refractivity contribution >= 4 is 40.3 Å². The minimum Gasteiger partial charge on any atom is -0.466 e. The van der Waals surface area contributed by atoms with Crippen LogP contribution in [0.2, 0.25) is 0 Å². The number of carbonyl (C=O) groups is 2. The molecule has 2 N–H and O–H groups in total. The standard InChI is InChI=1S/C26H30N4O3S/c1-16(2)18-6-10-20(11-7-18)28-25(32)29-21-12-8-19(9-13-21)23-22(24(31)33-4)17(3)27-26-30(23)14-5-15-34-26/h6-13,16,23H,5,14-15H2,1-4H3,(H2,28,29,32). The number of urea groups is 1. The highest BCUT2D eigenvalue weighted by molar-refractivity contribution is 8.13. The number of amides is 2. The molecule has 8 heteroatoms. The Kier molecular flexibility index (Phi) is 7.26. The highest BCUT2D eigenvalue weighted by Crippen LogP contribution is 2.40. The van der Waals surface area contributed by atoms with Gasteiger partial charge in [-0.25, -0.2) is 14.6 Å². The van der Waals surface area contributed by atoms with Crippen LogP contribution in [-0.4, -0.2) is 41.5 Å². The maximum atomic E-state index is 12.6. The van der Waals surface area contributed by atoms with Gasteiger partial charge in [0.2, 0.25) is 0 Å². The second kappa shape index (κ2) is 10.3. The molecule has 2 aromatic rings. The molecule has 0 aliphatic carbocycles. The molecule has 0 radical (unpaired) electrons. The van der Waals surface area contributed by atoms with Gasteiger partial charge in [0.25, 0.3) is 0 Å². The van der Waals surface area contributed by atoms with Crippen LogP contribution in [0.1, 0.15) is 50.3 Å². The zero-order valence-electron chi connectivity index (χ0n) is 19.9. The van der Waals surface area contributed by atoms with Crippen molar-refractivity contribution in [2.45, 2.75) is 39.2 Å². The average Bonchev–Trinajstić information content (AvgIpc) is 2.83. The number of hydrogen-bond donors (Lipinski definition) is 2. The predicted molar refractivity (Wildman–Crippen MR) is 138 cm³/mol. The third kappa shape index (κ3) is 5.12. The van der Waals surface area contributed by atoms with Crippen LogP contribution >= 0.6 is 11.8 Å². The molecule has 0 bridgehead atoms. The lowest BCUT2D eigenvalue weighted by atomic mass is 9.94. The van der Waals surface area contributed by atoms with Gasteiger partial charge in [-0.05, 0) is 54.7 Å². The topological polar surface area (TPSA) is 83.0 Å². The molecule has 2 aromatic carbocycles. The lowest BCUT2D eigenvalue weighted by molar-refractivity contribution is -0.136. The van der Waals surface area contributed by atoms with E-state index in [4.69, 9.17) is 4.74 Å². The number of fused-ring (bicyclic) bond motifs is 1. The van der Waals surface area contributed by atoms with E-state index in [0.29, 0.717) is 22.9 Å². The largest absolute Gasteiger partial charge is 0.466 e. The fraction of sp³-hybridized carbons (Fsp3) is 0.346. The highest BCUT2D eigenvalue weighted by atomic mass is 32.2. The van der Waals surface area contributed by atoms with Crippen molar-refractivity contribution in [1.82, 2.24) is 4.90 Å². The number of benzene rings is 2. The summed E-state index contributed by atoms with van der Waals surface area (Å²) in [5.41, 5.74) is 4.81. The number of anilines is 2. The molecule has 2 heterocycles. The normalized spacial score (nSPS) is 17.7. The molecule has 34 heavy (non-hydrogen) atoms. The van der Waals surface area contributed by atoms with Gasteiger partial charge in [0.05, 0.1) is 24.4 Å². The SMILES string of the molecule is COC(=O)C1=C(C)N=C2SCCCN2C1c1ccc(NC(=O)Nc2ccc(C(C)C)cc2)cc1. The first kappa shape index (κ1) is 23.9. The molecule has 0 aromatic heterocycles. The predicted octanol–water partition coefficient (Wildman–Crippen LogP) is 5.75. The molecule has 4 rings (SSSR count). The fourth-order valence-corrected chi connectivity index (χ4v) is 5.20. The monoisotopic (exact) mass is 478 g/mol. The first-order chi connectivity index (χ1) is 16.4. The summed E-state index contributed by atoms with van der Waals surface area (Å²) < 4.78 is 5.08. The van der Waals surface area contributed by atoms with Gasteiger partial charge < -0.3 is 20.3 Å². The summed E-state index contributed by atoms with van der Waals surface area (Å²) in [5.74, 6) is 1.09. The number of nitrogens with zero attached hydrogens (tertiary/aromatic N) is 2. The van der Waals surface area contributed by atoms with Crippen molar-refractivity contribution in [2.24, 2.45) is 4.99 Å². The number of rotatable bonds is 5. The molecule has 1 atom stereocenters. The van der Waals surface area contributed by atoms with Crippen LogP contribution in [-0.2, 0) is 9.53 Å². The van der Waals surface area contributed by atoms with Crippen molar-refractivity contribution < 1.29 is 14.3 Å². The zero-order chi connectivity index (χ0) is 24.2. The Labute approximate surface area is 204 Å². The van der Waals surface area contributed by atoms with Gasteiger partial charge in [-0.1, -0.05) is 49.9 Å².